The minimum Gasteiger partial charge on any atom is -0.472 e. The maximum absolute atomic E-state index is 5.60. The first-order chi connectivity index (χ1) is 7.75. The number of nitrogens with zero attached hydrogens (tertiary/aromatic N) is 1. The molecule has 16 heavy (non-hydrogen) atoms. The Morgan fingerprint density at radius 3 is 2.75 bits per heavy atom. The first-order valence-electron chi connectivity index (χ1n) is 4.73. The molecule has 0 saturated heterocycles. The Bertz CT molecular complexity index is 488. The molecule has 1 heterocycles. The fraction of sp³-hybridized carbons (Fsp3) is 0.0833. The van der Waals surface area contributed by atoms with Crippen LogP contribution in [0, 0.1) is 0 Å². The third-order valence-electron chi connectivity index (χ3n) is 1.99. The summed E-state index contributed by atoms with van der Waals surface area (Å²) in [6, 6.07) is 11.8. The highest BCUT2D eigenvalue weighted by molar-refractivity contribution is 9.10. The summed E-state index contributed by atoms with van der Waals surface area (Å²) in [4.78, 5) is 4.13. The molecular formula is C12H9Br2NO. The fourth-order valence-corrected chi connectivity index (χ4v) is 2.07. The Morgan fingerprint density at radius 1 is 1.12 bits per heavy atom. The number of benzene rings is 1. The van der Waals surface area contributed by atoms with Gasteiger partial charge in [-0.05, 0) is 45.8 Å². The summed E-state index contributed by atoms with van der Waals surface area (Å²) < 4.78 is 7.51. The zero-order valence-electron chi connectivity index (χ0n) is 8.36. The van der Waals surface area contributed by atoms with Gasteiger partial charge in [-0.15, -0.1) is 0 Å². The van der Waals surface area contributed by atoms with Crippen LogP contribution in [0.25, 0.3) is 0 Å². The van der Waals surface area contributed by atoms with Crippen molar-refractivity contribution < 1.29 is 4.74 Å². The monoisotopic (exact) mass is 341 g/mol. The molecule has 1 aromatic carbocycles. The van der Waals surface area contributed by atoms with Crippen molar-refractivity contribution in [2.75, 3.05) is 0 Å². The normalized spacial score (nSPS) is 10.1. The third kappa shape index (κ3) is 3.06. The van der Waals surface area contributed by atoms with Gasteiger partial charge in [0.2, 0.25) is 5.88 Å². The molecule has 1 aromatic heterocycles. The van der Waals surface area contributed by atoms with Crippen molar-refractivity contribution in [2.24, 2.45) is 0 Å². The molecule has 0 unspecified atom stereocenters. The lowest BCUT2D eigenvalue weighted by Crippen LogP contribution is -1.97. The van der Waals surface area contributed by atoms with Gasteiger partial charge in [-0.3, -0.25) is 0 Å². The van der Waals surface area contributed by atoms with E-state index < -0.39 is 0 Å². The SMILES string of the molecule is Brc1cccc(COc2ncccc2Br)c1. The lowest BCUT2D eigenvalue weighted by molar-refractivity contribution is 0.291. The van der Waals surface area contributed by atoms with Gasteiger partial charge in [0.25, 0.3) is 0 Å². The summed E-state index contributed by atoms with van der Waals surface area (Å²) in [5, 5.41) is 0. The first-order valence-corrected chi connectivity index (χ1v) is 6.32. The summed E-state index contributed by atoms with van der Waals surface area (Å²) in [6.07, 6.45) is 1.71. The van der Waals surface area contributed by atoms with E-state index in [0.29, 0.717) is 12.5 Å². The van der Waals surface area contributed by atoms with Crippen LogP contribution in [0.5, 0.6) is 5.88 Å². The van der Waals surface area contributed by atoms with E-state index in [0.717, 1.165) is 14.5 Å². The van der Waals surface area contributed by atoms with Gasteiger partial charge < -0.3 is 4.74 Å². The molecule has 2 aromatic rings. The van der Waals surface area contributed by atoms with Gasteiger partial charge >= 0.3 is 0 Å². The fourth-order valence-electron chi connectivity index (χ4n) is 1.26. The third-order valence-corrected chi connectivity index (χ3v) is 3.09. The second-order valence-electron chi connectivity index (χ2n) is 3.21. The number of rotatable bonds is 3. The van der Waals surface area contributed by atoms with E-state index in [1.165, 1.54) is 0 Å². The Balaban J connectivity index is 2.05. The number of pyridine rings is 1. The van der Waals surface area contributed by atoms with Crippen molar-refractivity contribution in [3.8, 4) is 5.88 Å². The van der Waals surface area contributed by atoms with E-state index in [9.17, 15) is 0 Å². The lowest BCUT2D eigenvalue weighted by Gasteiger charge is -2.06. The van der Waals surface area contributed by atoms with Crippen LogP contribution in [0.1, 0.15) is 5.56 Å². The van der Waals surface area contributed by atoms with Crippen LogP contribution in [-0.4, -0.2) is 4.98 Å². The minimum atomic E-state index is 0.509. The van der Waals surface area contributed by atoms with Crippen LogP contribution in [0.4, 0.5) is 0 Å². The van der Waals surface area contributed by atoms with Gasteiger partial charge in [-0.2, -0.15) is 0 Å². The van der Waals surface area contributed by atoms with Gasteiger partial charge in [-0.25, -0.2) is 4.98 Å². The van der Waals surface area contributed by atoms with Crippen molar-refractivity contribution in [3.63, 3.8) is 0 Å². The summed E-state index contributed by atoms with van der Waals surface area (Å²) in [6.45, 7) is 0.509. The van der Waals surface area contributed by atoms with Crippen LogP contribution in [0.15, 0.2) is 51.5 Å². The molecule has 82 valence electrons. The minimum absolute atomic E-state index is 0.509. The smallest absolute Gasteiger partial charge is 0.228 e. The van der Waals surface area contributed by atoms with Crippen LogP contribution in [-0.2, 0) is 6.61 Å². The number of ether oxygens (including phenoxy) is 1. The zero-order valence-corrected chi connectivity index (χ0v) is 11.5. The molecule has 0 N–H and O–H groups in total. The Labute approximate surface area is 111 Å². The molecule has 4 heteroatoms. The molecule has 0 bridgehead atoms. The highest BCUT2D eigenvalue weighted by Gasteiger charge is 2.01. The maximum atomic E-state index is 5.60. The standard InChI is InChI=1S/C12H9Br2NO/c13-10-4-1-3-9(7-10)8-16-12-11(14)5-2-6-15-12/h1-7H,8H2. The highest BCUT2D eigenvalue weighted by Crippen LogP contribution is 2.22. The predicted molar refractivity (Wildman–Crippen MR) is 70.4 cm³/mol. The second kappa shape index (κ2) is 5.46. The molecular weight excluding hydrogens is 334 g/mol. The van der Waals surface area contributed by atoms with Crippen molar-refractivity contribution in [2.45, 2.75) is 6.61 Å². The van der Waals surface area contributed by atoms with Crippen LogP contribution in [0.2, 0.25) is 0 Å². The molecule has 0 aliphatic carbocycles. The van der Waals surface area contributed by atoms with Crippen molar-refractivity contribution in [3.05, 3.63) is 57.1 Å². The summed E-state index contributed by atoms with van der Waals surface area (Å²) >= 11 is 6.81. The molecule has 2 nitrogen and oxygen atoms in total. The van der Waals surface area contributed by atoms with E-state index in [-0.39, 0.29) is 0 Å². The second-order valence-corrected chi connectivity index (χ2v) is 4.98. The van der Waals surface area contributed by atoms with Crippen LogP contribution < -0.4 is 4.74 Å². The summed E-state index contributed by atoms with van der Waals surface area (Å²) in [7, 11) is 0. The van der Waals surface area contributed by atoms with Crippen molar-refractivity contribution in [1.29, 1.82) is 0 Å². The molecule has 0 fully saturated rings. The molecule has 0 aliphatic heterocycles. The van der Waals surface area contributed by atoms with Crippen molar-refractivity contribution in [1.82, 2.24) is 4.98 Å². The Hall–Kier alpha value is -0.870. The van der Waals surface area contributed by atoms with Crippen LogP contribution in [0.3, 0.4) is 0 Å². The molecule has 0 radical (unpaired) electrons. The largest absolute Gasteiger partial charge is 0.472 e. The quantitative estimate of drug-likeness (QED) is 0.834. The van der Waals surface area contributed by atoms with E-state index in [1.54, 1.807) is 6.20 Å². The summed E-state index contributed by atoms with van der Waals surface area (Å²) in [5.74, 6) is 0.613. The zero-order chi connectivity index (χ0) is 11.4. The van der Waals surface area contributed by atoms with Gasteiger partial charge in [-0.1, -0.05) is 28.1 Å². The summed E-state index contributed by atoms with van der Waals surface area (Å²) in [5.41, 5.74) is 1.10. The number of halogens is 2. The highest BCUT2D eigenvalue weighted by atomic mass is 79.9. The number of aromatic nitrogens is 1. The van der Waals surface area contributed by atoms with E-state index in [2.05, 4.69) is 36.8 Å². The van der Waals surface area contributed by atoms with E-state index >= 15 is 0 Å². The van der Waals surface area contributed by atoms with E-state index in [1.807, 2.05) is 36.4 Å². The number of hydrogen-bond donors (Lipinski definition) is 0. The van der Waals surface area contributed by atoms with Gasteiger partial charge in [0.05, 0.1) is 4.47 Å². The molecule has 0 saturated carbocycles. The molecule has 2 rings (SSSR count). The first kappa shape index (κ1) is 11.6. The van der Waals surface area contributed by atoms with Gasteiger partial charge in [0.15, 0.2) is 0 Å². The average molecular weight is 343 g/mol. The number of hydrogen-bond acceptors (Lipinski definition) is 2. The van der Waals surface area contributed by atoms with Gasteiger partial charge in [0, 0.05) is 10.7 Å². The molecule has 0 aliphatic rings. The molecule has 0 atom stereocenters. The predicted octanol–water partition coefficient (Wildman–Crippen LogP) is 4.19. The average Bonchev–Trinajstić information content (AvgIpc) is 2.28. The lowest BCUT2D eigenvalue weighted by atomic mass is 10.2. The molecule has 0 amide bonds. The van der Waals surface area contributed by atoms with Crippen LogP contribution >= 0.6 is 31.9 Å². The molecule has 0 spiro atoms. The Kier molecular flexibility index (Phi) is 3.96. The van der Waals surface area contributed by atoms with Gasteiger partial charge in [0.1, 0.15) is 6.61 Å². The van der Waals surface area contributed by atoms with E-state index in [4.69, 9.17) is 4.74 Å². The Morgan fingerprint density at radius 2 is 2.00 bits per heavy atom. The topological polar surface area (TPSA) is 22.1 Å². The maximum Gasteiger partial charge on any atom is 0.228 e. The van der Waals surface area contributed by atoms with Crippen molar-refractivity contribution >= 4 is 31.9 Å².